The van der Waals surface area contributed by atoms with Crippen molar-refractivity contribution in [1.82, 2.24) is 0 Å². The molecule has 0 spiro atoms. The van der Waals surface area contributed by atoms with Crippen molar-refractivity contribution in [3.8, 4) is 0 Å². The molecule has 2 N–H and O–H groups in total. The lowest BCUT2D eigenvalue weighted by atomic mass is 9.48. The predicted octanol–water partition coefficient (Wildman–Crippen LogP) is 4.86. The summed E-state index contributed by atoms with van der Waals surface area (Å²) < 4.78 is 5.08. The van der Waals surface area contributed by atoms with E-state index in [1.807, 2.05) is 6.92 Å². The van der Waals surface area contributed by atoms with Gasteiger partial charge < -0.3 is 14.9 Å². The van der Waals surface area contributed by atoms with Crippen molar-refractivity contribution >= 4 is 11.8 Å². The lowest BCUT2D eigenvalue weighted by molar-refractivity contribution is -0.169. The summed E-state index contributed by atoms with van der Waals surface area (Å²) in [6, 6.07) is 0. The summed E-state index contributed by atoms with van der Waals surface area (Å²) in [7, 11) is 0. The molecular weight excluding hydrogens is 428 g/mol. The fourth-order valence-electron chi connectivity index (χ4n) is 8.50. The smallest absolute Gasteiger partial charge is 0.346 e. The second-order valence-corrected chi connectivity index (χ2v) is 12.5. The number of hydrogen-bond donors (Lipinski definition) is 2. The van der Waals surface area contributed by atoms with Gasteiger partial charge in [0.15, 0.2) is 0 Å². The van der Waals surface area contributed by atoms with Crippen LogP contribution in [0.15, 0.2) is 23.8 Å². The maximum Gasteiger partial charge on any atom is 0.346 e. The van der Waals surface area contributed by atoms with E-state index in [4.69, 9.17) is 4.74 Å². The number of hydrogen-bond acceptors (Lipinski definition) is 5. The molecule has 4 aliphatic carbocycles. The lowest BCUT2D eigenvalue weighted by Gasteiger charge is -2.56. The normalized spacial score (nSPS) is 44.6. The number of carbonyl (C=O) groups is 2. The zero-order chi connectivity index (χ0) is 25.1. The molecule has 5 heteroatoms. The molecule has 0 radical (unpaired) electrons. The van der Waals surface area contributed by atoms with Crippen molar-refractivity contribution in [2.24, 2.45) is 46.3 Å². The van der Waals surface area contributed by atoms with E-state index in [-0.39, 0.29) is 30.3 Å². The number of aliphatic hydroxyl groups is 2. The number of carbonyl (C=O) groups excluding carboxylic acids is 2. The van der Waals surface area contributed by atoms with Crippen LogP contribution >= 0.6 is 0 Å². The molecule has 3 saturated carbocycles. The number of allylic oxidation sites excluding steroid dienone is 2. The van der Waals surface area contributed by atoms with E-state index in [2.05, 4.69) is 39.8 Å². The standard InChI is InChI=1S/C29H44O5/c1-7-34-26(32)29(33)16-28(6)21-13-14-27(5)19(18(4)10-8-9-17(2)3)11-12-20(27)24(21)23(30)15-22(28)25(29)31/h8,10,15,17-21,23-24,30,33H,7,9,11-14,16H2,1-6H3/b10-8+/t18?,19-,20?,21+,23+,24+,27-,28-,29+/m1/s1. The SMILES string of the molecule is CCOC(=O)[C@]1(O)C[C@@]2(C)C(=C[C@H](O)[C@H]3C4CC[C@H](C(C)/C=C/CC(C)C)[C@@]4(C)CC[C@@H]32)C1=O. The van der Waals surface area contributed by atoms with E-state index in [1.165, 1.54) is 0 Å². The third-order valence-corrected chi connectivity index (χ3v) is 10.1. The third-order valence-electron chi connectivity index (χ3n) is 10.1. The van der Waals surface area contributed by atoms with Gasteiger partial charge in [-0.2, -0.15) is 0 Å². The molecule has 0 heterocycles. The number of ether oxygens (including phenoxy) is 1. The monoisotopic (exact) mass is 472 g/mol. The minimum absolute atomic E-state index is 0.0432. The molecule has 190 valence electrons. The first kappa shape index (κ1) is 25.6. The molecule has 0 saturated heterocycles. The van der Waals surface area contributed by atoms with Crippen LogP contribution < -0.4 is 0 Å². The van der Waals surface area contributed by atoms with E-state index in [9.17, 15) is 19.8 Å². The highest BCUT2D eigenvalue weighted by atomic mass is 16.5. The molecule has 34 heavy (non-hydrogen) atoms. The Kier molecular flexibility index (Phi) is 6.70. The van der Waals surface area contributed by atoms with Gasteiger partial charge in [-0.1, -0.05) is 46.8 Å². The van der Waals surface area contributed by atoms with E-state index in [1.54, 1.807) is 13.0 Å². The highest BCUT2D eigenvalue weighted by molar-refractivity contribution is 6.18. The van der Waals surface area contributed by atoms with Crippen molar-refractivity contribution in [3.63, 3.8) is 0 Å². The number of fused-ring (bicyclic) bond motifs is 5. The van der Waals surface area contributed by atoms with Gasteiger partial charge in [0.25, 0.3) is 0 Å². The van der Waals surface area contributed by atoms with Crippen molar-refractivity contribution < 1.29 is 24.5 Å². The maximum atomic E-state index is 13.2. The minimum atomic E-state index is -2.14. The van der Waals surface area contributed by atoms with Crippen LogP contribution in [0.3, 0.4) is 0 Å². The summed E-state index contributed by atoms with van der Waals surface area (Å²) in [5, 5.41) is 22.5. The quantitative estimate of drug-likeness (QED) is 0.328. The fourth-order valence-corrected chi connectivity index (χ4v) is 8.50. The molecule has 0 bridgehead atoms. The first-order valence-electron chi connectivity index (χ1n) is 13.4. The average Bonchev–Trinajstić information content (AvgIpc) is 3.21. The molecule has 4 aliphatic rings. The molecular formula is C29H44O5. The molecule has 0 aromatic rings. The summed E-state index contributed by atoms with van der Waals surface area (Å²) in [6.07, 6.45) is 11.0. The van der Waals surface area contributed by atoms with Gasteiger partial charge in [-0.25, -0.2) is 4.79 Å². The third kappa shape index (κ3) is 3.73. The molecule has 5 nitrogen and oxygen atoms in total. The van der Waals surface area contributed by atoms with E-state index in [0.717, 1.165) is 32.1 Å². The Bertz CT molecular complexity index is 889. The van der Waals surface area contributed by atoms with Crippen molar-refractivity contribution in [3.05, 3.63) is 23.8 Å². The van der Waals surface area contributed by atoms with Gasteiger partial charge in [-0.05, 0) is 86.0 Å². The molecule has 0 amide bonds. The van der Waals surface area contributed by atoms with Crippen LogP contribution in [0, 0.1) is 46.3 Å². The largest absolute Gasteiger partial charge is 0.464 e. The number of aliphatic hydroxyl groups excluding tert-OH is 1. The van der Waals surface area contributed by atoms with Gasteiger partial charge in [-0.15, -0.1) is 0 Å². The summed E-state index contributed by atoms with van der Waals surface area (Å²) in [5.74, 6) is 0.781. The molecule has 0 aliphatic heterocycles. The predicted molar refractivity (Wildman–Crippen MR) is 132 cm³/mol. The molecule has 3 fully saturated rings. The van der Waals surface area contributed by atoms with Crippen LogP contribution in [0.1, 0.15) is 80.1 Å². The Hall–Kier alpha value is -1.46. The molecule has 0 aromatic carbocycles. The first-order chi connectivity index (χ1) is 15.9. The first-order valence-corrected chi connectivity index (χ1v) is 13.4. The highest BCUT2D eigenvalue weighted by Gasteiger charge is 2.68. The van der Waals surface area contributed by atoms with Crippen LogP contribution in [0.2, 0.25) is 0 Å². The number of Topliss-reactive ketones (excluding diaryl/α,β-unsaturated/α-hetero) is 1. The number of ketones is 1. The van der Waals surface area contributed by atoms with Gasteiger partial charge in [-0.3, -0.25) is 4.79 Å². The summed E-state index contributed by atoms with van der Waals surface area (Å²) in [5.41, 5.74) is -2.18. The van der Waals surface area contributed by atoms with Crippen molar-refractivity contribution in [2.75, 3.05) is 6.61 Å². The Morgan fingerprint density at radius 2 is 1.91 bits per heavy atom. The number of esters is 1. The Labute approximate surface area is 205 Å². The molecule has 2 unspecified atom stereocenters. The van der Waals surface area contributed by atoms with Crippen LogP contribution in [0.5, 0.6) is 0 Å². The van der Waals surface area contributed by atoms with Crippen LogP contribution in [0.25, 0.3) is 0 Å². The van der Waals surface area contributed by atoms with Crippen molar-refractivity contribution in [2.45, 2.75) is 91.8 Å². The Morgan fingerprint density at radius 1 is 1.21 bits per heavy atom. The zero-order valence-electron chi connectivity index (χ0n) is 21.8. The summed E-state index contributed by atoms with van der Waals surface area (Å²) in [6.45, 7) is 13.0. The maximum absolute atomic E-state index is 13.2. The average molecular weight is 473 g/mol. The molecule has 9 atom stereocenters. The van der Waals surface area contributed by atoms with Crippen LogP contribution in [-0.4, -0.2) is 40.3 Å². The van der Waals surface area contributed by atoms with E-state index < -0.39 is 28.9 Å². The van der Waals surface area contributed by atoms with E-state index in [0.29, 0.717) is 29.2 Å². The minimum Gasteiger partial charge on any atom is -0.464 e. The lowest BCUT2D eigenvalue weighted by Crippen LogP contribution is -2.53. The second kappa shape index (κ2) is 8.89. The van der Waals surface area contributed by atoms with Crippen LogP contribution in [0.4, 0.5) is 0 Å². The van der Waals surface area contributed by atoms with Gasteiger partial charge in [0.05, 0.1) is 12.7 Å². The molecule has 0 aromatic heterocycles. The molecule has 4 rings (SSSR count). The zero-order valence-corrected chi connectivity index (χ0v) is 21.8. The van der Waals surface area contributed by atoms with Gasteiger partial charge in [0.1, 0.15) is 0 Å². The van der Waals surface area contributed by atoms with Crippen LogP contribution in [-0.2, 0) is 14.3 Å². The van der Waals surface area contributed by atoms with Gasteiger partial charge in [0, 0.05) is 17.4 Å². The summed E-state index contributed by atoms with van der Waals surface area (Å²) >= 11 is 0. The van der Waals surface area contributed by atoms with Crippen molar-refractivity contribution in [1.29, 1.82) is 0 Å². The van der Waals surface area contributed by atoms with E-state index >= 15 is 0 Å². The summed E-state index contributed by atoms with van der Waals surface area (Å²) in [4.78, 5) is 25.8. The Morgan fingerprint density at radius 3 is 2.56 bits per heavy atom. The number of rotatable bonds is 6. The topological polar surface area (TPSA) is 83.8 Å². The second-order valence-electron chi connectivity index (χ2n) is 12.5. The fraction of sp³-hybridized carbons (Fsp3) is 0.793. The van der Waals surface area contributed by atoms with Gasteiger partial charge in [0.2, 0.25) is 11.4 Å². The highest BCUT2D eigenvalue weighted by Crippen LogP contribution is 2.68. The Balaban J connectivity index is 1.62. The van der Waals surface area contributed by atoms with Gasteiger partial charge >= 0.3 is 5.97 Å².